The van der Waals surface area contributed by atoms with Crippen molar-refractivity contribution in [1.82, 2.24) is 0 Å². The second-order valence-corrected chi connectivity index (χ2v) is 1.80. The molecule has 0 unspecified atom stereocenters. The minimum atomic E-state index is 0. The van der Waals surface area contributed by atoms with Gasteiger partial charge in [-0.05, 0) is 24.3 Å². The number of hydrogen-bond donors (Lipinski definition) is 0. The third-order valence-electron chi connectivity index (χ3n) is 1.14. The fourth-order valence-electron chi connectivity index (χ4n) is 0.619. The summed E-state index contributed by atoms with van der Waals surface area (Å²) in [5, 5.41) is 16.7. The van der Waals surface area contributed by atoms with E-state index in [1.54, 1.807) is 24.3 Å². The standard InChI is InChI=1S/C8H4N2.10H2N.2Ru/c9-5-7-1-2-8(6-10)4-3-7;;;;;;;;;;;;/h1-4H;10*1H2;;/q;10*-1;2*+5. The predicted molar refractivity (Wildman–Crippen MR) is 88.7 cm³/mol. The molecular weight excluding hydrogens is 466 g/mol. The van der Waals surface area contributed by atoms with Gasteiger partial charge in [0.1, 0.15) is 0 Å². The Kier molecular flexibility index (Phi) is 280. The number of benzene rings is 1. The van der Waals surface area contributed by atoms with Gasteiger partial charge < -0.3 is 61.5 Å². The smallest absolute Gasteiger partial charge is 0.693 e. The molecule has 0 aliphatic carbocycles. The van der Waals surface area contributed by atoms with Crippen LogP contribution in [0.5, 0.6) is 0 Å². The van der Waals surface area contributed by atoms with Crippen molar-refractivity contribution in [2.24, 2.45) is 0 Å². The number of nitrogens with two attached hydrogens (primary N) is 10. The van der Waals surface area contributed by atoms with E-state index in [1.807, 2.05) is 12.1 Å². The van der Waals surface area contributed by atoms with Crippen molar-refractivity contribution in [2.45, 2.75) is 0 Å². The number of nitriles is 2. The maximum absolute atomic E-state index is 8.37. The van der Waals surface area contributed by atoms with Crippen LogP contribution in [0.3, 0.4) is 0 Å². The van der Waals surface area contributed by atoms with Crippen LogP contribution in [0.25, 0.3) is 61.5 Å². The first kappa shape index (κ1) is 103. The zero-order chi connectivity index (χ0) is 7.40. The summed E-state index contributed by atoms with van der Waals surface area (Å²) in [6, 6.07) is 10.4. The SMILES string of the molecule is N#Cc1ccc(C#N)cc1.[NH2-].[NH2-].[NH2-].[NH2-].[NH2-].[NH2-].[NH2-].[NH2-].[NH2-].[NH2-].[Ru+5].[Ru+5]. The van der Waals surface area contributed by atoms with Crippen LogP contribution in [-0.2, 0) is 39.0 Å². The summed E-state index contributed by atoms with van der Waals surface area (Å²) in [5.74, 6) is 0. The molecule has 0 aliphatic rings. The zero-order valence-corrected chi connectivity index (χ0v) is 15.2. The van der Waals surface area contributed by atoms with Gasteiger partial charge in [-0.25, -0.2) is 0 Å². The fraction of sp³-hybridized carbons (Fsp3) is 0. The van der Waals surface area contributed by atoms with Gasteiger partial charge in [0.2, 0.25) is 0 Å². The molecule has 1 aromatic rings. The quantitative estimate of drug-likeness (QED) is 0.322. The van der Waals surface area contributed by atoms with Gasteiger partial charge in [0, 0.05) is 0 Å². The molecule has 132 valence electrons. The van der Waals surface area contributed by atoms with Crippen molar-refractivity contribution in [3.63, 3.8) is 0 Å². The molecule has 2 radical (unpaired) electrons. The molecule has 0 aromatic heterocycles. The van der Waals surface area contributed by atoms with Gasteiger partial charge in [-0.2, -0.15) is 10.5 Å². The van der Waals surface area contributed by atoms with Crippen LogP contribution >= 0.6 is 0 Å². The first-order valence-corrected chi connectivity index (χ1v) is 2.77. The van der Waals surface area contributed by atoms with Crippen molar-refractivity contribution in [3.8, 4) is 12.1 Å². The molecule has 14 heteroatoms. The summed E-state index contributed by atoms with van der Waals surface area (Å²) in [7, 11) is 0. The Morgan fingerprint density at radius 2 is 0.591 bits per heavy atom. The Hall–Kier alpha value is -0.953. The minimum absolute atomic E-state index is 0. The molecule has 1 rings (SSSR count). The van der Waals surface area contributed by atoms with Crippen molar-refractivity contribution < 1.29 is 39.0 Å². The molecule has 20 N–H and O–H groups in total. The van der Waals surface area contributed by atoms with E-state index in [4.69, 9.17) is 10.5 Å². The summed E-state index contributed by atoms with van der Waals surface area (Å²) >= 11 is 0. The molecule has 0 amide bonds. The molecule has 0 heterocycles. The molecule has 22 heavy (non-hydrogen) atoms. The van der Waals surface area contributed by atoms with Gasteiger partial charge in [0.15, 0.2) is 0 Å². The molecule has 1 aromatic carbocycles. The Labute approximate surface area is 158 Å². The monoisotopic (exact) mass is 492 g/mol. The van der Waals surface area contributed by atoms with Crippen LogP contribution < -0.4 is 0 Å². The molecule has 12 nitrogen and oxygen atoms in total. The summed E-state index contributed by atoms with van der Waals surface area (Å²) in [4.78, 5) is 0. The average Bonchev–Trinajstić information content (AvgIpc) is 2.05. The van der Waals surface area contributed by atoms with Crippen molar-refractivity contribution in [3.05, 3.63) is 96.9 Å². The molecule has 0 saturated heterocycles. The molecular formula is C8H24N12Ru2. The average molecular weight is 491 g/mol. The van der Waals surface area contributed by atoms with E-state index in [0.29, 0.717) is 11.1 Å². The third kappa shape index (κ3) is 36.4. The van der Waals surface area contributed by atoms with Crippen molar-refractivity contribution in [2.75, 3.05) is 0 Å². The van der Waals surface area contributed by atoms with Gasteiger partial charge in [-0.1, -0.05) is 0 Å². The summed E-state index contributed by atoms with van der Waals surface area (Å²) in [6.07, 6.45) is 0. The largest absolute Gasteiger partial charge is 5.00 e. The Morgan fingerprint density at radius 1 is 0.455 bits per heavy atom. The van der Waals surface area contributed by atoms with E-state index >= 15 is 0 Å². The molecule has 0 spiro atoms. The zero-order valence-electron chi connectivity index (χ0n) is 11.7. The van der Waals surface area contributed by atoms with Gasteiger partial charge in [-0.3, -0.25) is 0 Å². The summed E-state index contributed by atoms with van der Waals surface area (Å²) in [6.45, 7) is 0. The maximum atomic E-state index is 8.37. The fourth-order valence-corrected chi connectivity index (χ4v) is 0.619. The number of nitrogens with zero attached hydrogens (tertiary/aromatic N) is 2. The molecule has 0 fully saturated rings. The molecule has 0 bridgehead atoms. The van der Waals surface area contributed by atoms with Crippen molar-refractivity contribution in [1.29, 1.82) is 10.5 Å². The van der Waals surface area contributed by atoms with Crippen molar-refractivity contribution >= 4 is 0 Å². The van der Waals surface area contributed by atoms with Crippen LogP contribution in [0.15, 0.2) is 24.3 Å². The third-order valence-corrected chi connectivity index (χ3v) is 1.14. The van der Waals surface area contributed by atoms with Crippen LogP contribution in [0.2, 0.25) is 0 Å². The van der Waals surface area contributed by atoms with E-state index in [-0.39, 0.29) is 100 Å². The molecule has 0 atom stereocenters. The van der Waals surface area contributed by atoms with Crippen LogP contribution in [0.1, 0.15) is 11.1 Å². The maximum Gasteiger partial charge on any atom is 5.00 e. The normalized spacial score (nSPS) is 3.55. The summed E-state index contributed by atoms with van der Waals surface area (Å²) in [5.41, 5.74) is 1.16. The summed E-state index contributed by atoms with van der Waals surface area (Å²) < 4.78 is 0. The molecule has 0 saturated carbocycles. The first-order chi connectivity index (χ1) is 4.86. The van der Waals surface area contributed by atoms with E-state index in [2.05, 4.69) is 0 Å². The van der Waals surface area contributed by atoms with Crippen LogP contribution in [-0.4, -0.2) is 0 Å². The Balaban J connectivity index is -0.00000000833. The molecule has 0 aliphatic heterocycles. The first-order valence-electron chi connectivity index (χ1n) is 2.77. The second-order valence-electron chi connectivity index (χ2n) is 1.80. The minimum Gasteiger partial charge on any atom is -0.693 e. The number of rotatable bonds is 0. The Bertz CT molecular complexity index is 286. The Morgan fingerprint density at radius 3 is 0.682 bits per heavy atom. The number of hydrogen-bond acceptors (Lipinski definition) is 2. The van der Waals surface area contributed by atoms with Crippen LogP contribution in [0, 0.1) is 22.7 Å². The van der Waals surface area contributed by atoms with Gasteiger partial charge in [0.05, 0.1) is 23.3 Å². The van der Waals surface area contributed by atoms with Gasteiger partial charge in [0.25, 0.3) is 0 Å². The van der Waals surface area contributed by atoms with Gasteiger partial charge >= 0.3 is 39.0 Å². The van der Waals surface area contributed by atoms with E-state index in [9.17, 15) is 0 Å². The second kappa shape index (κ2) is 59.6. The van der Waals surface area contributed by atoms with E-state index < -0.39 is 0 Å². The van der Waals surface area contributed by atoms with Crippen LogP contribution in [0.4, 0.5) is 0 Å². The van der Waals surface area contributed by atoms with Gasteiger partial charge in [-0.15, -0.1) is 0 Å². The van der Waals surface area contributed by atoms with E-state index in [1.165, 1.54) is 0 Å². The predicted octanol–water partition coefficient (Wildman–Crippen LogP) is 8.60. The van der Waals surface area contributed by atoms with E-state index in [0.717, 1.165) is 0 Å². The topological polar surface area (TPSA) is 383 Å².